The molecule has 1 fully saturated rings. The van der Waals surface area contributed by atoms with Gasteiger partial charge in [-0.15, -0.1) is 0 Å². The zero-order valence-electron chi connectivity index (χ0n) is 12.2. The van der Waals surface area contributed by atoms with Crippen LogP contribution in [0.15, 0.2) is 15.4 Å². The SMILES string of the molecule is Cc1oc(C(=O)N2CCCC(C)C2CN)cc1S(N)(=O)=O. The molecule has 0 spiro atoms. The van der Waals surface area contributed by atoms with Gasteiger partial charge in [0.15, 0.2) is 5.76 Å². The number of furan rings is 1. The van der Waals surface area contributed by atoms with Crippen molar-refractivity contribution in [3.05, 3.63) is 17.6 Å². The topological polar surface area (TPSA) is 120 Å². The normalized spacial score (nSPS) is 23.3. The van der Waals surface area contributed by atoms with Gasteiger partial charge in [-0.3, -0.25) is 4.79 Å². The van der Waals surface area contributed by atoms with E-state index in [2.05, 4.69) is 6.92 Å². The van der Waals surface area contributed by atoms with Gasteiger partial charge in [-0.2, -0.15) is 0 Å². The third-order valence-electron chi connectivity index (χ3n) is 4.01. The van der Waals surface area contributed by atoms with Gasteiger partial charge in [0.25, 0.3) is 5.91 Å². The van der Waals surface area contributed by atoms with Gasteiger partial charge in [0.1, 0.15) is 10.7 Å². The summed E-state index contributed by atoms with van der Waals surface area (Å²) in [5, 5.41) is 5.09. The minimum atomic E-state index is -3.90. The first kappa shape index (κ1) is 16.0. The average molecular weight is 315 g/mol. The lowest BCUT2D eigenvalue weighted by Gasteiger charge is -2.38. The van der Waals surface area contributed by atoms with E-state index in [1.54, 1.807) is 4.90 Å². The third kappa shape index (κ3) is 3.12. The number of amides is 1. The molecule has 2 unspecified atom stereocenters. The van der Waals surface area contributed by atoms with E-state index in [1.807, 2.05) is 0 Å². The first-order valence-corrected chi connectivity index (χ1v) is 8.44. The summed E-state index contributed by atoms with van der Waals surface area (Å²) in [7, 11) is -3.90. The smallest absolute Gasteiger partial charge is 0.289 e. The van der Waals surface area contributed by atoms with Crippen molar-refractivity contribution in [3.63, 3.8) is 0 Å². The van der Waals surface area contributed by atoms with Crippen molar-refractivity contribution in [2.75, 3.05) is 13.1 Å². The standard InChI is InChI=1S/C13H21N3O4S/c1-8-4-3-5-16(10(8)7-14)13(17)11-6-12(9(2)20-11)21(15,18)19/h6,8,10H,3-5,7,14H2,1-2H3,(H2,15,18,19). The van der Waals surface area contributed by atoms with E-state index in [1.165, 1.54) is 13.0 Å². The number of hydrogen-bond acceptors (Lipinski definition) is 5. The lowest BCUT2D eigenvalue weighted by Crippen LogP contribution is -2.51. The number of aryl methyl sites for hydroxylation is 1. The second-order valence-electron chi connectivity index (χ2n) is 5.50. The number of likely N-dealkylation sites (tertiary alicyclic amines) is 1. The predicted octanol–water partition coefficient (Wildman–Crippen LogP) is 0.435. The number of carbonyl (C=O) groups is 1. The van der Waals surface area contributed by atoms with Crippen LogP contribution in [0, 0.1) is 12.8 Å². The maximum atomic E-state index is 12.5. The van der Waals surface area contributed by atoms with Gasteiger partial charge >= 0.3 is 0 Å². The lowest BCUT2D eigenvalue weighted by atomic mass is 9.90. The summed E-state index contributed by atoms with van der Waals surface area (Å²) in [5.74, 6) is 0.0794. The molecule has 0 aromatic carbocycles. The molecule has 8 heteroatoms. The first-order valence-electron chi connectivity index (χ1n) is 6.90. The average Bonchev–Trinajstić information content (AvgIpc) is 2.79. The highest BCUT2D eigenvalue weighted by atomic mass is 32.2. The summed E-state index contributed by atoms with van der Waals surface area (Å²) in [6.45, 7) is 4.49. The summed E-state index contributed by atoms with van der Waals surface area (Å²) in [6, 6.07) is 1.13. The van der Waals surface area contributed by atoms with Gasteiger partial charge in [0.05, 0.1) is 0 Å². The minimum absolute atomic E-state index is 0.0101. The van der Waals surface area contributed by atoms with Gasteiger partial charge in [-0.25, -0.2) is 13.6 Å². The summed E-state index contributed by atoms with van der Waals surface area (Å²) < 4.78 is 28.1. The fraction of sp³-hybridized carbons (Fsp3) is 0.615. The zero-order valence-corrected chi connectivity index (χ0v) is 13.0. The Morgan fingerprint density at radius 1 is 1.52 bits per heavy atom. The molecule has 0 radical (unpaired) electrons. The minimum Gasteiger partial charge on any atom is -0.455 e. The monoisotopic (exact) mass is 315 g/mol. The molecule has 1 aromatic rings. The first-order chi connectivity index (χ1) is 9.75. The van der Waals surface area contributed by atoms with Gasteiger partial charge < -0.3 is 15.1 Å². The summed E-state index contributed by atoms with van der Waals surface area (Å²) in [6.07, 6.45) is 1.91. The van der Waals surface area contributed by atoms with Crippen LogP contribution < -0.4 is 10.9 Å². The number of hydrogen-bond donors (Lipinski definition) is 2. The number of primary sulfonamides is 1. The summed E-state index contributed by atoms with van der Waals surface area (Å²) >= 11 is 0. The Kier molecular flexibility index (Phi) is 4.40. The van der Waals surface area contributed by atoms with Crippen molar-refractivity contribution >= 4 is 15.9 Å². The van der Waals surface area contributed by atoms with Gasteiger partial charge in [-0.1, -0.05) is 6.92 Å². The van der Waals surface area contributed by atoms with E-state index in [-0.39, 0.29) is 28.4 Å². The van der Waals surface area contributed by atoms with Crippen LogP contribution >= 0.6 is 0 Å². The molecule has 1 amide bonds. The largest absolute Gasteiger partial charge is 0.455 e. The molecule has 2 heterocycles. The molecule has 2 rings (SSSR count). The van der Waals surface area contributed by atoms with Crippen LogP contribution in [0.4, 0.5) is 0 Å². The molecule has 21 heavy (non-hydrogen) atoms. The Morgan fingerprint density at radius 2 is 2.19 bits per heavy atom. The Balaban J connectivity index is 2.32. The van der Waals surface area contributed by atoms with Crippen molar-refractivity contribution < 1.29 is 17.6 Å². The molecular formula is C13H21N3O4S. The maximum absolute atomic E-state index is 12.5. The number of sulfonamides is 1. The molecule has 7 nitrogen and oxygen atoms in total. The summed E-state index contributed by atoms with van der Waals surface area (Å²) in [5.41, 5.74) is 5.76. The highest BCUT2D eigenvalue weighted by Gasteiger charge is 2.33. The van der Waals surface area contributed by atoms with Crippen molar-refractivity contribution in [3.8, 4) is 0 Å². The van der Waals surface area contributed by atoms with Crippen molar-refractivity contribution in [1.29, 1.82) is 0 Å². The Labute approximate surface area is 124 Å². The Bertz CT molecular complexity index is 638. The molecular weight excluding hydrogens is 294 g/mol. The molecule has 0 aliphatic carbocycles. The molecule has 4 N–H and O–H groups in total. The second kappa shape index (κ2) is 5.78. The van der Waals surface area contributed by atoms with E-state index >= 15 is 0 Å². The number of rotatable bonds is 3. The van der Waals surface area contributed by atoms with Crippen molar-refractivity contribution in [2.45, 2.75) is 37.6 Å². The van der Waals surface area contributed by atoms with Crippen LogP contribution in [-0.2, 0) is 10.0 Å². The van der Waals surface area contributed by atoms with E-state index in [0.717, 1.165) is 12.8 Å². The number of carbonyl (C=O) groups excluding carboxylic acids is 1. The molecule has 1 saturated heterocycles. The van der Waals surface area contributed by atoms with Crippen LogP contribution in [0.5, 0.6) is 0 Å². The van der Waals surface area contributed by atoms with Crippen LogP contribution in [0.3, 0.4) is 0 Å². The fourth-order valence-electron chi connectivity index (χ4n) is 2.86. The van der Waals surface area contributed by atoms with Gasteiger partial charge in [0.2, 0.25) is 10.0 Å². The third-order valence-corrected chi connectivity index (χ3v) is 5.03. The molecule has 1 aliphatic heterocycles. The number of nitrogens with two attached hydrogens (primary N) is 2. The van der Waals surface area contributed by atoms with E-state index in [0.29, 0.717) is 19.0 Å². The second-order valence-corrected chi connectivity index (χ2v) is 7.03. The molecule has 0 saturated carbocycles. The Hall–Kier alpha value is -1.38. The van der Waals surface area contributed by atoms with Crippen molar-refractivity contribution in [1.82, 2.24) is 4.90 Å². The molecule has 0 bridgehead atoms. The molecule has 118 valence electrons. The Morgan fingerprint density at radius 3 is 2.71 bits per heavy atom. The van der Waals surface area contributed by atoms with E-state index in [9.17, 15) is 13.2 Å². The van der Waals surface area contributed by atoms with Crippen LogP contribution in [-0.4, -0.2) is 38.4 Å². The lowest BCUT2D eigenvalue weighted by molar-refractivity contribution is 0.0500. The van der Waals surface area contributed by atoms with Crippen molar-refractivity contribution in [2.24, 2.45) is 16.8 Å². The molecule has 2 atom stereocenters. The predicted molar refractivity (Wildman–Crippen MR) is 77.1 cm³/mol. The van der Waals surface area contributed by atoms with E-state index in [4.69, 9.17) is 15.3 Å². The number of piperidine rings is 1. The number of nitrogens with zero attached hydrogens (tertiary/aromatic N) is 1. The van der Waals surface area contributed by atoms with E-state index < -0.39 is 10.0 Å². The zero-order chi connectivity index (χ0) is 15.8. The molecule has 1 aliphatic rings. The quantitative estimate of drug-likeness (QED) is 0.838. The van der Waals surface area contributed by atoms with Crippen LogP contribution in [0.2, 0.25) is 0 Å². The fourth-order valence-corrected chi connectivity index (χ4v) is 3.57. The maximum Gasteiger partial charge on any atom is 0.289 e. The molecule has 1 aromatic heterocycles. The van der Waals surface area contributed by atoms with Crippen LogP contribution in [0.25, 0.3) is 0 Å². The van der Waals surface area contributed by atoms with Crippen LogP contribution in [0.1, 0.15) is 36.1 Å². The van der Waals surface area contributed by atoms with Gasteiger partial charge in [0, 0.05) is 25.2 Å². The highest BCUT2D eigenvalue weighted by molar-refractivity contribution is 7.89. The summed E-state index contributed by atoms with van der Waals surface area (Å²) in [4.78, 5) is 14.1. The highest BCUT2D eigenvalue weighted by Crippen LogP contribution is 2.26. The van der Waals surface area contributed by atoms with Gasteiger partial charge in [-0.05, 0) is 25.7 Å².